The molecule has 3 rings (SSSR count). The topological polar surface area (TPSA) is 35.5 Å². The first-order valence-corrected chi connectivity index (χ1v) is 7.80. The van der Waals surface area contributed by atoms with Crippen molar-refractivity contribution in [1.82, 2.24) is 10.2 Å². The minimum atomic E-state index is 0.135. The summed E-state index contributed by atoms with van der Waals surface area (Å²) in [5, 5.41) is 16.8. The Hall–Kier alpha value is -0.940. The predicted octanol–water partition coefficient (Wildman–Crippen LogP) is 2.23. The molecule has 0 bridgehead atoms. The van der Waals surface area contributed by atoms with E-state index in [1.165, 1.54) is 15.6 Å². The first-order valence-electron chi connectivity index (χ1n) is 6.92. The molecule has 1 atom stereocenters. The summed E-state index contributed by atoms with van der Waals surface area (Å²) in [6, 6.07) is 8.61. The number of hydrogen-bond acceptors (Lipinski definition) is 4. The average Bonchev–Trinajstić information content (AvgIpc) is 2.69. The number of nitrogens with one attached hydrogen (secondary N) is 1. The fourth-order valence-electron chi connectivity index (χ4n) is 2.85. The molecule has 4 heteroatoms. The van der Waals surface area contributed by atoms with E-state index in [-0.39, 0.29) is 12.6 Å². The first-order chi connectivity index (χ1) is 9.40. The maximum atomic E-state index is 9.84. The lowest BCUT2D eigenvalue weighted by molar-refractivity contribution is 0.131. The van der Waals surface area contributed by atoms with Gasteiger partial charge in [-0.15, -0.1) is 11.3 Å². The van der Waals surface area contributed by atoms with E-state index < -0.39 is 0 Å². The average molecular weight is 276 g/mol. The highest BCUT2D eigenvalue weighted by atomic mass is 32.1. The number of aliphatic hydroxyl groups is 1. The zero-order valence-corrected chi connectivity index (χ0v) is 11.8. The SMILES string of the molecule is OCC(c1csc2ccccc12)N1CCCNCC1. The molecule has 1 aromatic carbocycles. The molecule has 0 spiro atoms. The van der Waals surface area contributed by atoms with Crippen molar-refractivity contribution in [2.75, 3.05) is 32.8 Å². The minimum Gasteiger partial charge on any atom is -0.394 e. The fraction of sp³-hybridized carbons (Fsp3) is 0.467. The summed E-state index contributed by atoms with van der Waals surface area (Å²) in [7, 11) is 0. The van der Waals surface area contributed by atoms with Crippen molar-refractivity contribution in [2.24, 2.45) is 0 Å². The van der Waals surface area contributed by atoms with Gasteiger partial charge in [0.15, 0.2) is 0 Å². The zero-order chi connectivity index (χ0) is 13.1. The molecule has 2 heterocycles. The van der Waals surface area contributed by atoms with Gasteiger partial charge in [-0.05, 0) is 35.4 Å². The van der Waals surface area contributed by atoms with Crippen LogP contribution in [0, 0.1) is 0 Å². The van der Waals surface area contributed by atoms with E-state index in [1.54, 1.807) is 11.3 Å². The van der Waals surface area contributed by atoms with E-state index in [9.17, 15) is 5.11 Å². The van der Waals surface area contributed by atoms with Crippen molar-refractivity contribution < 1.29 is 5.11 Å². The second kappa shape index (κ2) is 6.01. The summed E-state index contributed by atoms with van der Waals surface area (Å²) in [4.78, 5) is 2.41. The Morgan fingerprint density at radius 1 is 1.26 bits per heavy atom. The van der Waals surface area contributed by atoms with Crippen molar-refractivity contribution in [3.05, 3.63) is 35.2 Å². The maximum Gasteiger partial charge on any atom is 0.0629 e. The Bertz CT molecular complexity index is 532. The quantitative estimate of drug-likeness (QED) is 0.902. The van der Waals surface area contributed by atoms with E-state index in [2.05, 4.69) is 39.9 Å². The van der Waals surface area contributed by atoms with Gasteiger partial charge in [0.05, 0.1) is 12.6 Å². The summed E-state index contributed by atoms with van der Waals surface area (Å²) in [5.74, 6) is 0. The molecule has 0 saturated carbocycles. The molecule has 1 aromatic heterocycles. The van der Waals surface area contributed by atoms with Crippen LogP contribution in [0.4, 0.5) is 0 Å². The lowest BCUT2D eigenvalue weighted by atomic mass is 10.0. The Balaban J connectivity index is 1.92. The minimum absolute atomic E-state index is 0.135. The van der Waals surface area contributed by atoms with Gasteiger partial charge in [0, 0.05) is 24.3 Å². The summed E-state index contributed by atoms with van der Waals surface area (Å²) in [6.07, 6.45) is 1.15. The van der Waals surface area contributed by atoms with Gasteiger partial charge >= 0.3 is 0 Å². The maximum absolute atomic E-state index is 9.84. The number of benzene rings is 1. The molecule has 1 aliphatic heterocycles. The van der Waals surface area contributed by atoms with Crippen molar-refractivity contribution in [3.63, 3.8) is 0 Å². The number of thiophene rings is 1. The predicted molar refractivity (Wildman–Crippen MR) is 80.7 cm³/mol. The highest BCUT2D eigenvalue weighted by Crippen LogP contribution is 2.33. The van der Waals surface area contributed by atoms with Gasteiger partial charge in [-0.3, -0.25) is 4.90 Å². The largest absolute Gasteiger partial charge is 0.394 e. The molecular formula is C15H20N2OS. The van der Waals surface area contributed by atoms with Gasteiger partial charge in [-0.1, -0.05) is 18.2 Å². The third kappa shape index (κ3) is 2.67. The van der Waals surface area contributed by atoms with Crippen LogP contribution in [0.15, 0.2) is 29.6 Å². The molecule has 19 heavy (non-hydrogen) atoms. The van der Waals surface area contributed by atoms with Crippen LogP contribution in [-0.4, -0.2) is 42.8 Å². The number of fused-ring (bicyclic) bond motifs is 1. The molecular weight excluding hydrogens is 256 g/mol. The molecule has 3 nitrogen and oxygen atoms in total. The van der Waals surface area contributed by atoms with Crippen molar-refractivity contribution in [2.45, 2.75) is 12.5 Å². The number of rotatable bonds is 3. The lowest BCUT2D eigenvalue weighted by Crippen LogP contribution is -2.34. The zero-order valence-electron chi connectivity index (χ0n) is 11.0. The van der Waals surface area contributed by atoms with Crippen molar-refractivity contribution >= 4 is 21.4 Å². The molecule has 2 aromatic rings. The van der Waals surface area contributed by atoms with Gasteiger partial charge in [-0.25, -0.2) is 0 Å². The molecule has 102 valence electrons. The highest BCUT2D eigenvalue weighted by molar-refractivity contribution is 7.17. The molecule has 0 amide bonds. The summed E-state index contributed by atoms with van der Waals surface area (Å²) < 4.78 is 1.31. The molecule has 0 aliphatic carbocycles. The molecule has 2 N–H and O–H groups in total. The van der Waals surface area contributed by atoms with Gasteiger partial charge < -0.3 is 10.4 Å². The van der Waals surface area contributed by atoms with E-state index in [4.69, 9.17) is 0 Å². The van der Waals surface area contributed by atoms with E-state index in [0.717, 1.165) is 32.6 Å². The van der Waals surface area contributed by atoms with Crippen molar-refractivity contribution in [3.8, 4) is 0 Å². The highest BCUT2D eigenvalue weighted by Gasteiger charge is 2.22. The van der Waals surface area contributed by atoms with E-state index in [1.807, 2.05) is 0 Å². The summed E-state index contributed by atoms with van der Waals surface area (Å²) >= 11 is 1.77. The molecule has 1 unspecified atom stereocenters. The van der Waals surface area contributed by atoms with Crippen LogP contribution in [0.25, 0.3) is 10.1 Å². The van der Waals surface area contributed by atoms with Crippen LogP contribution in [0.1, 0.15) is 18.0 Å². The monoisotopic (exact) mass is 276 g/mol. The Morgan fingerprint density at radius 3 is 3.05 bits per heavy atom. The van der Waals surface area contributed by atoms with Gasteiger partial charge in [0.1, 0.15) is 0 Å². The standard InChI is InChI=1S/C15H20N2OS/c18-10-14(17-8-3-6-16-7-9-17)13-11-19-15-5-2-1-4-12(13)15/h1-2,4-5,11,14,16,18H,3,6-10H2. The van der Waals surface area contributed by atoms with Crippen LogP contribution in [0.2, 0.25) is 0 Å². The van der Waals surface area contributed by atoms with Crippen LogP contribution < -0.4 is 5.32 Å². The molecule has 0 radical (unpaired) electrons. The van der Waals surface area contributed by atoms with Gasteiger partial charge in [-0.2, -0.15) is 0 Å². The first kappa shape index (κ1) is 13.1. The summed E-state index contributed by atoms with van der Waals surface area (Å²) in [5.41, 5.74) is 1.28. The second-order valence-electron chi connectivity index (χ2n) is 5.03. The molecule has 1 saturated heterocycles. The van der Waals surface area contributed by atoms with Gasteiger partial charge in [0.2, 0.25) is 0 Å². The van der Waals surface area contributed by atoms with Crippen LogP contribution in [-0.2, 0) is 0 Å². The second-order valence-corrected chi connectivity index (χ2v) is 5.94. The van der Waals surface area contributed by atoms with E-state index in [0.29, 0.717) is 0 Å². The number of aliphatic hydroxyl groups excluding tert-OH is 1. The Kier molecular flexibility index (Phi) is 4.13. The van der Waals surface area contributed by atoms with Crippen molar-refractivity contribution in [1.29, 1.82) is 0 Å². The van der Waals surface area contributed by atoms with Gasteiger partial charge in [0.25, 0.3) is 0 Å². The number of hydrogen-bond donors (Lipinski definition) is 2. The van der Waals surface area contributed by atoms with Crippen LogP contribution in [0.3, 0.4) is 0 Å². The summed E-state index contributed by atoms with van der Waals surface area (Å²) in [6.45, 7) is 4.36. The third-order valence-electron chi connectivity index (χ3n) is 3.86. The number of nitrogens with zero attached hydrogens (tertiary/aromatic N) is 1. The molecule has 1 fully saturated rings. The lowest BCUT2D eigenvalue weighted by Gasteiger charge is -2.28. The fourth-order valence-corrected chi connectivity index (χ4v) is 3.85. The van der Waals surface area contributed by atoms with Crippen LogP contribution in [0.5, 0.6) is 0 Å². The Morgan fingerprint density at radius 2 is 2.16 bits per heavy atom. The third-order valence-corrected chi connectivity index (χ3v) is 4.84. The van der Waals surface area contributed by atoms with Crippen LogP contribution >= 0.6 is 11.3 Å². The van der Waals surface area contributed by atoms with E-state index >= 15 is 0 Å². The molecule has 1 aliphatic rings. The Labute approximate surface area is 117 Å². The normalized spacial score (nSPS) is 19.4. The smallest absolute Gasteiger partial charge is 0.0629 e.